The second-order valence-corrected chi connectivity index (χ2v) is 16.7. The third-order valence-corrected chi connectivity index (χ3v) is 12.2. The topological polar surface area (TPSA) is 129 Å². The highest BCUT2D eigenvalue weighted by Gasteiger charge is 2.76. The van der Waals surface area contributed by atoms with Crippen LogP contribution in [0.25, 0.3) is 28.1 Å². The zero-order valence-corrected chi connectivity index (χ0v) is 29.7. The van der Waals surface area contributed by atoms with Crippen LogP contribution < -0.4 is 16.4 Å². The number of benzene rings is 2. The van der Waals surface area contributed by atoms with E-state index in [0.717, 1.165) is 72.9 Å². The van der Waals surface area contributed by atoms with E-state index in [2.05, 4.69) is 58.2 Å². The molecule has 8 atom stereocenters. The number of aromatic amines is 1. The van der Waals surface area contributed by atoms with Crippen molar-refractivity contribution >= 4 is 17.7 Å². The molecule has 3 aromatic rings. The summed E-state index contributed by atoms with van der Waals surface area (Å²) in [5.74, 6) is 2.86. The van der Waals surface area contributed by atoms with Crippen LogP contribution in [0.2, 0.25) is 0 Å². The first kappa shape index (κ1) is 31.7. The number of piperidine rings is 2. The Balaban J connectivity index is 0.899. The molecule has 0 radical (unpaired) electrons. The standard InChI is InChI=1S/C40H49N7O3/c1-20(2)34(41)38(48)46-14-6-7-30(46)36-42-18-28(44-36)23-10-12-25-21(15-23)8-9-22-16-24(11-13-26(22)25)29-19-43-37(45-29)35-33-27-17-31(32(27)33)47(35)39(49)50-40(3,4)5/h10-13,15-16,18-20,27,30-36,42,44H,6-9,14,17,41H2,1-5H3,(H,43,45)/t27?,30-,31+,32?,33-,34-,35?,36?/m0/s1. The smallest absolute Gasteiger partial charge is 0.411 e. The SMILES string of the molecule is CC(C)[C@H](N)C(=O)N1CCC[C@H]1C1NC=C(c2ccc3c(c2)CCc2cc(-c4cnc(C5[C@H]6C7C[C@H](C76)N5C(=O)OC(C)(C)C)[nH]4)ccc2-3)N1. The number of aromatic nitrogens is 2. The van der Waals surface area contributed by atoms with E-state index in [4.69, 9.17) is 15.5 Å². The maximum atomic E-state index is 13.3. The van der Waals surface area contributed by atoms with E-state index in [1.807, 2.05) is 50.6 Å². The molecule has 3 aliphatic carbocycles. The maximum absolute atomic E-state index is 13.3. The van der Waals surface area contributed by atoms with Crippen LogP contribution in [0.3, 0.4) is 0 Å². The molecule has 2 saturated carbocycles. The van der Waals surface area contributed by atoms with Crippen LogP contribution in [0, 0.1) is 23.7 Å². The third-order valence-electron chi connectivity index (χ3n) is 12.2. The van der Waals surface area contributed by atoms with Crippen molar-refractivity contribution in [2.75, 3.05) is 6.54 Å². The molecular formula is C40H49N7O3. The van der Waals surface area contributed by atoms with Crippen molar-refractivity contribution in [3.8, 4) is 22.4 Å². The Morgan fingerprint density at radius 2 is 1.72 bits per heavy atom. The zero-order valence-electron chi connectivity index (χ0n) is 29.7. The molecule has 2 amide bonds. The number of H-pyrrole nitrogens is 1. The van der Waals surface area contributed by atoms with Crippen molar-refractivity contribution in [3.05, 3.63) is 71.3 Å². The summed E-state index contributed by atoms with van der Waals surface area (Å²) in [6, 6.07) is 13.4. The number of hydrogen-bond donors (Lipinski definition) is 4. The molecule has 1 aromatic heterocycles. The first-order valence-corrected chi connectivity index (χ1v) is 18.6. The summed E-state index contributed by atoms with van der Waals surface area (Å²) in [6.45, 7) is 10.6. The summed E-state index contributed by atoms with van der Waals surface area (Å²) in [7, 11) is 0. The van der Waals surface area contributed by atoms with Crippen LogP contribution in [0.1, 0.15) is 82.4 Å². The van der Waals surface area contributed by atoms with E-state index >= 15 is 0 Å². The Hall–Kier alpha value is -4.31. The summed E-state index contributed by atoms with van der Waals surface area (Å²) in [5, 5.41) is 7.20. The van der Waals surface area contributed by atoms with Crippen molar-refractivity contribution in [1.82, 2.24) is 30.4 Å². The summed E-state index contributed by atoms with van der Waals surface area (Å²) < 4.78 is 5.83. The molecule has 10 nitrogen and oxygen atoms in total. The lowest BCUT2D eigenvalue weighted by atomic mass is 9.83. The fourth-order valence-corrected chi connectivity index (χ4v) is 9.59. The average Bonchev–Trinajstić information content (AvgIpc) is 3.73. The Bertz CT molecular complexity index is 1910. The molecule has 0 spiro atoms. The molecule has 4 fully saturated rings. The lowest BCUT2D eigenvalue weighted by Gasteiger charge is -2.40. The molecule has 4 unspecified atom stereocenters. The molecule has 262 valence electrons. The number of nitrogens with one attached hydrogen (secondary N) is 3. The molecule has 5 N–H and O–H groups in total. The van der Waals surface area contributed by atoms with Crippen LogP contribution in [0.5, 0.6) is 0 Å². The summed E-state index contributed by atoms with van der Waals surface area (Å²) >= 11 is 0. The molecule has 2 saturated heterocycles. The highest BCUT2D eigenvalue weighted by Crippen LogP contribution is 2.74. The molecule has 0 bridgehead atoms. The minimum Gasteiger partial charge on any atom is -0.444 e. The van der Waals surface area contributed by atoms with Gasteiger partial charge in [-0.2, -0.15) is 0 Å². The minimum atomic E-state index is -0.525. The normalized spacial score (nSPS) is 29.3. The van der Waals surface area contributed by atoms with E-state index in [9.17, 15) is 9.59 Å². The predicted octanol–water partition coefficient (Wildman–Crippen LogP) is 5.56. The fourth-order valence-electron chi connectivity index (χ4n) is 9.59. The van der Waals surface area contributed by atoms with Gasteiger partial charge in [-0.05, 0) is 122 Å². The molecule has 6 aliphatic rings. The van der Waals surface area contributed by atoms with Gasteiger partial charge in [-0.25, -0.2) is 9.78 Å². The number of amides is 2. The van der Waals surface area contributed by atoms with Crippen molar-refractivity contribution in [2.24, 2.45) is 29.4 Å². The van der Waals surface area contributed by atoms with Gasteiger partial charge in [0.1, 0.15) is 17.6 Å². The number of nitrogens with zero attached hydrogens (tertiary/aromatic N) is 3. The van der Waals surface area contributed by atoms with Crippen LogP contribution in [-0.4, -0.2) is 68.2 Å². The molecule has 10 heteroatoms. The number of hydrogen-bond acceptors (Lipinski definition) is 7. The van der Waals surface area contributed by atoms with Crippen LogP contribution in [-0.2, 0) is 22.4 Å². The zero-order chi connectivity index (χ0) is 34.6. The van der Waals surface area contributed by atoms with Gasteiger partial charge in [0.2, 0.25) is 5.91 Å². The van der Waals surface area contributed by atoms with Gasteiger partial charge >= 0.3 is 6.09 Å². The number of aryl methyl sites for hydroxylation is 2. The van der Waals surface area contributed by atoms with E-state index in [1.165, 1.54) is 22.3 Å². The van der Waals surface area contributed by atoms with Crippen molar-refractivity contribution in [1.29, 1.82) is 0 Å². The summed E-state index contributed by atoms with van der Waals surface area (Å²) in [6.07, 6.45) is 8.71. The highest BCUT2D eigenvalue weighted by atomic mass is 16.6. The van der Waals surface area contributed by atoms with Gasteiger partial charge in [0.05, 0.1) is 35.7 Å². The lowest BCUT2D eigenvalue weighted by Crippen LogP contribution is -2.55. The Labute approximate surface area is 294 Å². The first-order chi connectivity index (χ1) is 24.0. The lowest BCUT2D eigenvalue weighted by molar-refractivity contribution is -0.134. The number of imidazole rings is 1. The monoisotopic (exact) mass is 675 g/mol. The average molecular weight is 676 g/mol. The van der Waals surface area contributed by atoms with Crippen LogP contribution >= 0.6 is 0 Å². The van der Waals surface area contributed by atoms with Gasteiger partial charge in [-0.3, -0.25) is 9.69 Å². The second-order valence-electron chi connectivity index (χ2n) is 16.7. The number of fused-ring (bicyclic) bond motifs is 4. The van der Waals surface area contributed by atoms with E-state index in [1.54, 1.807) is 0 Å². The van der Waals surface area contributed by atoms with Gasteiger partial charge in [0, 0.05) is 18.8 Å². The first-order valence-electron chi connectivity index (χ1n) is 18.6. The summed E-state index contributed by atoms with van der Waals surface area (Å²) in [5.41, 5.74) is 15.3. The Kier molecular flexibility index (Phi) is 7.19. The molecule has 50 heavy (non-hydrogen) atoms. The van der Waals surface area contributed by atoms with Gasteiger partial charge in [-0.15, -0.1) is 0 Å². The van der Waals surface area contributed by atoms with E-state index in [-0.39, 0.29) is 42.2 Å². The van der Waals surface area contributed by atoms with Crippen LogP contribution in [0.4, 0.5) is 4.79 Å². The molecule has 2 aromatic carbocycles. The minimum absolute atomic E-state index is 0.0283. The van der Waals surface area contributed by atoms with E-state index in [0.29, 0.717) is 11.8 Å². The largest absolute Gasteiger partial charge is 0.444 e. The van der Waals surface area contributed by atoms with E-state index < -0.39 is 11.6 Å². The van der Waals surface area contributed by atoms with Gasteiger partial charge in [0.15, 0.2) is 0 Å². The van der Waals surface area contributed by atoms with Gasteiger partial charge < -0.3 is 31.0 Å². The predicted molar refractivity (Wildman–Crippen MR) is 192 cm³/mol. The second kappa shape index (κ2) is 11.4. The Morgan fingerprint density at radius 3 is 2.44 bits per heavy atom. The number of nitrogens with two attached hydrogens (primary N) is 1. The van der Waals surface area contributed by atoms with Gasteiger partial charge in [-0.1, -0.05) is 38.1 Å². The number of likely N-dealkylation sites (tertiary alicyclic amines) is 2. The van der Waals surface area contributed by atoms with Crippen molar-refractivity contribution in [2.45, 2.75) is 103 Å². The number of carbonyl (C=O) groups excluding carboxylic acids is 2. The molecule has 9 rings (SSSR count). The quantitative estimate of drug-likeness (QED) is 0.269. The van der Waals surface area contributed by atoms with Gasteiger partial charge in [0.25, 0.3) is 0 Å². The molecule has 3 aliphatic heterocycles. The molecule has 4 heterocycles. The highest BCUT2D eigenvalue weighted by molar-refractivity contribution is 5.83. The fraction of sp³-hybridized carbons (Fsp3) is 0.525. The van der Waals surface area contributed by atoms with Crippen molar-refractivity contribution in [3.63, 3.8) is 0 Å². The molecular weight excluding hydrogens is 626 g/mol. The summed E-state index contributed by atoms with van der Waals surface area (Å²) in [4.78, 5) is 38.8. The third kappa shape index (κ3) is 5.04. The Morgan fingerprint density at radius 1 is 1.00 bits per heavy atom. The van der Waals surface area contributed by atoms with Crippen LogP contribution in [0.15, 0.2) is 48.8 Å². The number of carbonyl (C=O) groups is 2. The van der Waals surface area contributed by atoms with Crippen molar-refractivity contribution < 1.29 is 14.3 Å². The number of ether oxygens (including phenoxy) is 1. The number of rotatable bonds is 6. The maximum Gasteiger partial charge on any atom is 0.411 e.